The fraction of sp³-hybridized carbons (Fsp3) is 0.444. The average molecular weight is 334 g/mol. The van der Waals surface area contributed by atoms with Crippen LogP contribution in [-0.2, 0) is 6.42 Å². The van der Waals surface area contributed by atoms with Gasteiger partial charge in [0.15, 0.2) is 0 Å². The van der Waals surface area contributed by atoms with Gasteiger partial charge >= 0.3 is 0 Å². The maximum absolute atomic E-state index is 11.0. The number of benzene rings is 1. The minimum atomic E-state index is -0.595. The zero-order valence-electron chi connectivity index (χ0n) is 13.9. The molecule has 0 aliphatic rings. The average Bonchev–Trinajstić information content (AvgIpc) is 3.04. The highest BCUT2D eigenvalue weighted by Gasteiger charge is 2.34. The smallest absolute Gasteiger partial charge is 0.137 e. The Kier molecular flexibility index (Phi) is 5.97. The van der Waals surface area contributed by atoms with Crippen molar-refractivity contribution in [1.29, 1.82) is 0 Å². The van der Waals surface area contributed by atoms with Crippen LogP contribution >= 0.6 is 11.6 Å². The third-order valence-corrected chi connectivity index (χ3v) is 4.26. The molecular weight excluding hydrogens is 310 g/mol. The van der Waals surface area contributed by atoms with E-state index in [2.05, 4.69) is 30.9 Å². The van der Waals surface area contributed by atoms with Crippen LogP contribution in [0.25, 0.3) is 0 Å². The first-order chi connectivity index (χ1) is 10.9. The molecule has 2 atom stereocenters. The van der Waals surface area contributed by atoms with Crippen LogP contribution in [0.5, 0.6) is 0 Å². The molecule has 124 valence electrons. The van der Waals surface area contributed by atoms with Crippen molar-refractivity contribution in [2.45, 2.75) is 45.8 Å². The highest BCUT2D eigenvalue weighted by Crippen LogP contribution is 2.33. The van der Waals surface area contributed by atoms with Crippen molar-refractivity contribution < 1.29 is 5.11 Å². The summed E-state index contributed by atoms with van der Waals surface area (Å²) in [6.45, 7) is 6.20. The van der Waals surface area contributed by atoms with E-state index in [4.69, 9.17) is 11.6 Å². The van der Waals surface area contributed by atoms with E-state index in [0.29, 0.717) is 0 Å². The first kappa shape index (κ1) is 17.7. The molecule has 1 aromatic heterocycles. The van der Waals surface area contributed by atoms with E-state index in [0.717, 1.165) is 23.4 Å². The van der Waals surface area contributed by atoms with E-state index < -0.39 is 6.10 Å². The standard InChI is InChI=1S/C18H24ClN3O/c1-4-5-6-16(22-13-20-12-21-22)17(23)18(2,3)11-14-7-9-15(19)10-8-14/h5-10,12-13,16-17,23H,4,11H2,1-3H3. The van der Waals surface area contributed by atoms with Crippen molar-refractivity contribution in [1.82, 2.24) is 14.8 Å². The molecule has 0 amide bonds. The van der Waals surface area contributed by atoms with Crippen LogP contribution < -0.4 is 0 Å². The third-order valence-electron chi connectivity index (χ3n) is 4.01. The molecule has 0 radical (unpaired) electrons. The largest absolute Gasteiger partial charge is 0.390 e. The van der Waals surface area contributed by atoms with E-state index in [1.165, 1.54) is 6.33 Å². The molecule has 0 fully saturated rings. The molecular formula is C18H24ClN3O. The molecule has 5 heteroatoms. The Bertz CT molecular complexity index is 620. The van der Waals surface area contributed by atoms with E-state index in [1.54, 1.807) is 11.0 Å². The van der Waals surface area contributed by atoms with Crippen molar-refractivity contribution in [2.24, 2.45) is 5.41 Å². The van der Waals surface area contributed by atoms with Gasteiger partial charge in [0, 0.05) is 5.02 Å². The summed E-state index contributed by atoms with van der Waals surface area (Å²) >= 11 is 5.94. The van der Waals surface area contributed by atoms with Gasteiger partial charge in [0.1, 0.15) is 12.7 Å². The van der Waals surface area contributed by atoms with Crippen molar-refractivity contribution in [3.8, 4) is 0 Å². The molecule has 0 saturated heterocycles. The predicted molar refractivity (Wildman–Crippen MR) is 93.4 cm³/mol. The van der Waals surface area contributed by atoms with Crippen molar-refractivity contribution in [3.63, 3.8) is 0 Å². The van der Waals surface area contributed by atoms with Crippen molar-refractivity contribution >= 4 is 11.6 Å². The number of allylic oxidation sites excluding steroid dienone is 1. The van der Waals surface area contributed by atoms with E-state index >= 15 is 0 Å². The highest BCUT2D eigenvalue weighted by molar-refractivity contribution is 6.30. The van der Waals surface area contributed by atoms with Gasteiger partial charge < -0.3 is 5.11 Å². The summed E-state index contributed by atoms with van der Waals surface area (Å²) in [5, 5.41) is 15.9. The number of rotatable bonds is 7. The van der Waals surface area contributed by atoms with Gasteiger partial charge in [-0.05, 0) is 36.0 Å². The molecule has 2 aromatic rings. The number of halogens is 1. The van der Waals surface area contributed by atoms with Gasteiger partial charge in [-0.1, -0.05) is 56.7 Å². The molecule has 0 spiro atoms. The predicted octanol–water partition coefficient (Wildman–Crippen LogP) is 4.07. The Labute approximate surface area is 142 Å². The van der Waals surface area contributed by atoms with Crippen LogP contribution in [0, 0.1) is 5.41 Å². The summed E-state index contributed by atoms with van der Waals surface area (Å²) in [5.41, 5.74) is 0.818. The Morgan fingerprint density at radius 3 is 2.57 bits per heavy atom. The fourth-order valence-corrected chi connectivity index (χ4v) is 2.81. The second-order valence-corrected chi connectivity index (χ2v) is 6.88. The minimum Gasteiger partial charge on any atom is -0.390 e. The summed E-state index contributed by atoms with van der Waals surface area (Å²) < 4.78 is 1.71. The second-order valence-electron chi connectivity index (χ2n) is 6.44. The molecule has 1 aromatic carbocycles. The SMILES string of the molecule is CCC=CC(C(O)C(C)(C)Cc1ccc(Cl)cc1)n1cncn1. The van der Waals surface area contributed by atoms with Gasteiger partial charge in [-0.15, -0.1) is 0 Å². The minimum absolute atomic E-state index is 0.236. The third kappa shape index (κ3) is 4.66. The van der Waals surface area contributed by atoms with Gasteiger partial charge in [0.05, 0.1) is 12.1 Å². The molecule has 2 unspecified atom stereocenters. The van der Waals surface area contributed by atoms with E-state index in [-0.39, 0.29) is 11.5 Å². The highest BCUT2D eigenvalue weighted by atomic mass is 35.5. The molecule has 0 aliphatic heterocycles. The Morgan fingerprint density at radius 2 is 2.00 bits per heavy atom. The zero-order valence-corrected chi connectivity index (χ0v) is 14.6. The van der Waals surface area contributed by atoms with Crippen LogP contribution in [-0.4, -0.2) is 26.0 Å². The van der Waals surface area contributed by atoms with Crippen LogP contribution in [0.1, 0.15) is 38.8 Å². The lowest BCUT2D eigenvalue weighted by atomic mass is 9.77. The van der Waals surface area contributed by atoms with Crippen molar-refractivity contribution in [3.05, 3.63) is 59.7 Å². The quantitative estimate of drug-likeness (QED) is 0.777. The summed E-state index contributed by atoms with van der Waals surface area (Å²) in [7, 11) is 0. The Hall–Kier alpha value is -1.65. The van der Waals surface area contributed by atoms with Gasteiger partial charge in [0.2, 0.25) is 0 Å². The lowest BCUT2D eigenvalue weighted by Crippen LogP contribution is -2.38. The van der Waals surface area contributed by atoms with E-state index in [9.17, 15) is 5.11 Å². The van der Waals surface area contributed by atoms with Gasteiger partial charge in [-0.25, -0.2) is 9.67 Å². The first-order valence-corrected chi connectivity index (χ1v) is 8.25. The van der Waals surface area contributed by atoms with E-state index in [1.807, 2.05) is 36.4 Å². The molecule has 0 aliphatic carbocycles. The van der Waals surface area contributed by atoms with Gasteiger partial charge in [0.25, 0.3) is 0 Å². The lowest BCUT2D eigenvalue weighted by molar-refractivity contribution is 0.0173. The number of aliphatic hydroxyl groups is 1. The molecule has 1 heterocycles. The maximum atomic E-state index is 11.0. The van der Waals surface area contributed by atoms with Crippen LogP contribution in [0.15, 0.2) is 49.1 Å². The summed E-state index contributed by atoms with van der Waals surface area (Å²) in [6.07, 6.45) is 8.25. The lowest BCUT2D eigenvalue weighted by Gasteiger charge is -2.35. The first-order valence-electron chi connectivity index (χ1n) is 7.87. The number of nitrogens with zero attached hydrogens (tertiary/aromatic N) is 3. The Morgan fingerprint density at radius 1 is 1.30 bits per heavy atom. The van der Waals surface area contributed by atoms with Crippen LogP contribution in [0.4, 0.5) is 0 Å². The van der Waals surface area contributed by atoms with Crippen LogP contribution in [0.3, 0.4) is 0 Å². The summed E-state index contributed by atoms with van der Waals surface area (Å²) in [4.78, 5) is 4.00. The van der Waals surface area contributed by atoms with Crippen molar-refractivity contribution in [2.75, 3.05) is 0 Å². The Balaban J connectivity index is 2.21. The molecule has 0 saturated carbocycles. The number of aliphatic hydroxyl groups excluding tert-OH is 1. The monoisotopic (exact) mass is 333 g/mol. The molecule has 0 bridgehead atoms. The number of hydrogen-bond donors (Lipinski definition) is 1. The molecule has 23 heavy (non-hydrogen) atoms. The normalized spacial score (nSPS) is 15.0. The van der Waals surface area contributed by atoms with Gasteiger partial charge in [-0.3, -0.25) is 0 Å². The summed E-state index contributed by atoms with van der Waals surface area (Å²) in [6, 6.07) is 7.53. The molecule has 1 N–H and O–H groups in total. The second kappa shape index (κ2) is 7.75. The molecule has 4 nitrogen and oxygen atoms in total. The fourth-order valence-electron chi connectivity index (χ4n) is 2.68. The zero-order chi connectivity index (χ0) is 16.9. The molecule has 2 rings (SSSR count). The topological polar surface area (TPSA) is 50.9 Å². The maximum Gasteiger partial charge on any atom is 0.137 e. The van der Waals surface area contributed by atoms with Crippen LogP contribution in [0.2, 0.25) is 5.02 Å². The van der Waals surface area contributed by atoms with Gasteiger partial charge in [-0.2, -0.15) is 5.10 Å². The number of aromatic nitrogens is 3. The number of hydrogen-bond acceptors (Lipinski definition) is 3. The summed E-state index contributed by atoms with van der Waals surface area (Å²) in [5.74, 6) is 0.